The first-order valence-electron chi connectivity index (χ1n) is 6.02. The number of benzene rings is 1. The Kier molecular flexibility index (Phi) is 4.80. The van der Waals surface area contributed by atoms with Gasteiger partial charge in [-0.15, -0.1) is 0 Å². The molecule has 0 atom stereocenters. The van der Waals surface area contributed by atoms with Gasteiger partial charge in [-0.2, -0.15) is 0 Å². The van der Waals surface area contributed by atoms with Gasteiger partial charge in [0.25, 0.3) is 0 Å². The molecule has 108 valence electrons. The summed E-state index contributed by atoms with van der Waals surface area (Å²) in [6, 6.07) is 6.97. The highest BCUT2D eigenvalue weighted by Gasteiger charge is 2.15. The number of hydrogen-bond donors (Lipinski definition) is 1. The summed E-state index contributed by atoms with van der Waals surface area (Å²) in [6.07, 6.45) is 1.55. The lowest BCUT2D eigenvalue weighted by atomic mass is 10.2. The van der Waals surface area contributed by atoms with Crippen LogP contribution in [0.5, 0.6) is 0 Å². The van der Waals surface area contributed by atoms with Gasteiger partial charge in [0.1, 0.15) is 6.26 Å². The summed E-state index contributed by atoms with van der Waals surface area (Å²) in [7, 11) is -3.28. The molecule has 1 N–H and O–H groups in total. The molecule has 20 heavy (non-hydrogen) atoms. The summed E-state index contributed by atoms with van der Waals surface area (Å²) < 4.78 is 28.8. The number of oxazole rings is 1. The molecule has 0 radical (unpaired) electrons. The number of hydrogen-bond acceptors (Lipinski definition) is 5. The topological polar surface area (TPSA) is 80.4 Å². The zero-order valence-electron chi connectivity index (χ0n) is 10.6. The second-order valence-electron chi connectivity index (χ2n) is 4.32. The van der Waals surface area contributed by atoms with Gasteiger partial charge in [0.15, 0.2) is 9.84 Å². The van der Waals surface area contributed by atoms with Crippen LogP contribution < -0.4 is 0 Å². The molecule has 0 fully saturated rings. The van der Waals surface area contributed by atoms with Crippen molar-refractivity contribution in [3.05, 3.63) is 41.2 Å². The van der Waals surface area contributed by atoms with Crippen molar-refractivity contribution in [2.24, 2.45) is 0 Å². The Labute approximate surface area is 122 Å². The van der Waals surface area contributed by atoms with Crippen LogP contribution in [0.3, 0.4) is 0 Å². The van der Waals surface area contributed by atoms with E-state index in [0.717, 1.165) is 0 Å². The van der Waals surface area contributed by atoms with E-state index in [1.165, 1.54) is 6.26 Å². The van der Waals surface area contributed by atoms with Crippen LogP contribution in [0.25, 0.3) is 11.5 Å². The lowest BCUT2D eigenvalue weighted by Crippen LogP contribution is -2.10. The van der Waals surface area contributed by atoms with Crippen molar-refractivity contribution >= 4 is 21.4 Å². The van der Waals surface area contributed by atoms with Gasteiger partial charge >= 0.3 is 0 Å². The number of aliphatic hydroxyl groups excluding tert-OH is 1. The largest absolute Gasteiger partial charge is 0.444 e. The number of aromatic nitrogens is 1. The van der Waals surface area contributed by atoms with Gasteiger partial charge in [-0.25, -0.2) is 13.4 Å². The van der Waals surface area contributed by atoms with Crippen LogP contribution in [0.4, 0.5) is 0 Å². The third-order valence-electron chi connectivity index (χ3n) is 2.60. The van der Waals surface area contributed by atoms with Crippen LogP contribution in [0.2, 0.25) is 5.02 Å². The summed E-state index contributed by atoms with van der Waals surface area (Å²) in [5.74, 6) is 0.0692. The SMILES string of the molecule is O=S(=O)(CCCO)Cc1coc(-c2cccc(Cl)c2)n1. The van der Waals surface area contributed by atoms with Gasteiger partial charge in [0.05, 0.1) is 17.2 Å². The molecule has 0 saturated carbocycles. The molecule has 5 nitrogen and oxygen atoms in total. The second-order valence-corrected chi connectivity index (χ2v) is 6.94. The van der Waals surface area contributed by atoms with E-state index >= 15 is 0 Å². The molecule has 0 aliphatic rings. The normalized spacial score (nSPS) is 11.7. The van der Waals surface area contributed by atoms with Crippen molar-refractivity contribution in [1.29, 1.82) is 0 Å². The van der Waals surface area contributed by atoms with E-state index in [1.54, 1.807) is 24.3 Å². The maximum absolute atomic E-state index is 11.7. The third kappa shape index (κ3) is 4.06. The van der Waals surface area contributed by atoms with Crippen LogP contribution in [-0.2, 0) is 15.6 Å². The van der Waals surface area contributed by atoms with E-state index in [-0.39, 0.29) is 24.5 Å². The molecule has 1 aromatic heterocycles. The van der Waals surface area contributed by atoms with Gasteiger partial charge in [0, 0.05) is 17.2 Å². The molecule has 0 bridgehead atoms. The zero-order chi connectivity index (χ0) is 14.6. The van der Waals surface area contributed by atoms with Gasteiger partial charge in [0.2, 0.25) is 5.89 Å². The predicted octanol–water partition coefficient (Wildman–Crippen LogP) is 2.29. The molecule has 7 heteroatoms. The first-order valence-corrected chi connectivity index (χ1v) is 8.22. The summed E-state index contributed by atoms with van der Waals surface area (Å²) >= 11 is 5.88. The van der Waals surface area contributed by atoms with Crippen molar-refractivity contribution in [2.45, 2.75) is 12.2 Å². The standard InChI is InChI=1S/C13H14ClNO4S/c14-11-4-1-3-10(7-11)13-15-12(8-19-13)9-20(17,18)6-2-5-16/h1,3-4,7-8,16H,2,5-6,9H2. The van der Waals surface area contributed by atoms with Crippen LogP contribution in [0.15, 0.2) is 34.9 Å². The Morgan fingerprint density at radius 1 is 1.35 bits per heavy atom. The predicted molar refractivity (Wildman–Crippen MR) is 76.1 cm³/mol. The van der Waals surface area contributed by atoms with E-state index in [2.05, 4.69) is 4.98 Å². The Morgan fingerprint density at radius 3 is 2.85 bits per heavy atom. The Morgan fingerprint density at radius 2 is 2.15 bits per heavy atom. The van der Waals surface area contributed by atoms with E-state index < -0.39 is 9.84 Å². The summed E-state index contributed by atoms with van der Waals surface area (Å²) in [5.41, 5.74) is 1.04. The maximum atomic E-state index is 11.7. The van der Waals surface area contributed by atoms with E-state index in [1.807, 2.05) is 0 Å². The molecule has 0 saturated heterocycles. The smallest absolute Gasteiger partial charge is 0.226 e. The highest BCUT2D eigenvalue weighted by Crippen LogP contribution is 2.22. The van der Waals surface area contributed by atoms with Crippen molar-refractivity contribution in [1.82, 2.24) is 4.98 Å². The molecule has 0 aliphatic carbocycles. The zero-order valence-corrected chi connectivity index (χ0v) is 12.2. The number of rotatable bonds is 6. The molecule has 2 rings (SSSR count). The molecule has 0 amide bonds. The summed E-state index contributed by atoms with van der Waals surface area (Å²) in [4.78, 5) is 4.15. The Balaban J connectivity index is 2.13. The minimum absolute atomic E-state index is 0.0666. The van der Waals surface area contributed by atoms with Gasteiger partial charge in [-0.3, -0.25) is 0 Å². The fourth-order valence-corrected chi connectivity index (χ4v) is 3.20. The van der Waals surface area contributed by atoms with Gasteiger partial charge < -0.3 is 9.52 Å². The number of halogens is 1. The van der Waals surface area contributed by atoms with Gasteiger partial charge in [-0.05, 0) is 24.6 Å². The first-order chi connectivity index (χ1) is 9.50. The van der Waals surface area contributed by atoms with Crippen LogP contribution in [0.1, 0.15) is 12.1 Å². The number of sulfone groups is 1. The van der Waals surface area contributed by atoms with Crippen molar-refractivity contribution < 1.29 is 17.9 Å². The maximum Gasteiger partial charge on any atom is 0.226 e. The first kappa shape index (κ1) is 15.0. The lowest BCUT2D eigenvalue weighted by molar-refractivity contribution is 0.295. The number of nitrogens with zero attached hydrogens (tertiary/aromatic N) is 1. The molecule has 0 aliphatic heterocycles. The molecule has 1 aromatic carbocycles. The molecular formula is C13H14ClNO4S. The van der Waals surface area contributed by atoms with Crippen LogP contribution in [0, 0.1) is 0 Å². The van der Waals surface area contributed by atoms with E-state index in [9.17, 15) is 8.42 Å². The van der Waals surface area contributed by atoms with E-state index in [4.69, 9.17) is 21.1 Å². The fourth-order valence-electron chi connectivity index (χ4n) is 1.71. The molecule has 0 unspecified atom stereocenters. The Bertz CT molecular complexity index is 681. The van der Waals surface area contributed by atoms with Crippen LogP contribution >= 0.6 is 11.6 Å². The summed E-state index contributed by atoms with van der Waals surface area (Å²) in [5, 5.41) is 9.22. The Hall–Kier alpha value is -1.37. The molecule has 0 spiro atoms. The monoisotopic (exact) mass is 315 g/mol. The summed E-state index contributed by atoms with van der Waals surface area (Å²) in [6.45, 7) is -0.147. The quantitative estimate of drug-likeness (QED) is 0.884. The van der Waals surface area contributed by atoms with Crippen molar-refractivity contribution in [3.8, 4) is 11.5 Å². The van der Waals surface area contributed by atoms with Crippen LogP contribution in [-0.4, -0.2) is 30.9 Å². The number of aliphatic hydroxyl groups is 1. The highest BCUT2D eigenvalue weighted by molar-refractivity contribution is 7.90. The molecular weight excluding hydrogens is 302 g/mol. The van der Waals surface area contributed by atoms with Crippen molar-refractivity contribution in [2.75, 3.05) is 12.4 Å². The highest BCUT2D eigenvalue weighted by atomic mass is 35.5. The minimum Gasteiger partial charge on any atom is -0.444 e. The molecule has 2 aromatic rings. The van der Waals surface area contributed by atoms with Gasteiger partial charge in [-0.1, -0.05) is 17.7 Å². The fraction of sp³-hybridized carbons (Fsp3) is 0.308. The molecule has 1 heterocycles. The average Bonchev–Trinajstić information content (AvgIpc) is 2.84. The lowest BCUT2D eigenvalue weighted by Gasteiger charge is -1.99. The van der Waals surface area contributed by atoms with E-state index in [0.29, 0.717) is 22.2 Å². The van der Waals surface area contributed by atoms with Crippen molar-refractivity contribution in [3.63, 3.8) is 0 Å². The second kappa shape index (κ2) is 6.39. The third-order valence-corrected chi connectivity index (χ3v) is 4.49. The average molecular weight is 316 g/mol. The minimum atomic E-state index is -3.28.